The van der Waals surface area contributed by atoms with Gasteiger partial charge < -0.3 is 25.4 Å². The number of nitrogens with zero attached hydrogens (tertiary/aromatic N) is 4. The number of aromatic nitrogens is 4. The van der Waals surface area contributed by atoms with Crippen molar-refractivity contribution in [2.75, 3.05) is 18.5 Å². The van der Waals surface area contributed by atoms with Crippen LogP contribution in [0.3, 0.4) is 0 Å². The van der Waals surface area contributed by atoms with Gasteiger partial charge in [0.25, 0.3) is 0 Å². The summed E-state index contributed by atoms with van der Waals surface area (Å²) in [6.07, 6.45) is 0.461. The van der Waals surface area contributed by atoms with Crippen LogP contribution < -0.4 is 5.32 Å². The summed E-state index contributed by atoms with van der Waals surface area (Å²) in [5.41, 5.74) is 0.935. The van der Waals surface area contributed by atoms with E-state index in [1.807, 2.05) is 0 Å². The lowest BCUT2D eigenvalue weighted by atomic mass is 10.1. The van der Waals surface area contributed by atoms with Gasteiger partial charge in [0.05, 0.1) is 12.9 Å². The summed E-state index contributed by atoms with van der Waals surface area (Å²) in [6.45, 7) is 1.85. The zero-order valence-electron chi connectivity index (χ0n) is 12.9. The van der Waals surface area contributed by atoms with Gasteiger partial charge >= 0.3 is 0 Å². The Morgan fingerprint density at radius 1 is 1.38 bits per heavy atom. The van der Waals surface area contributed by atoms with Crippen LogP contribution in [-0.4, -0.2) is 66.3 Å². The number of halogens is 1. The standard InChI is InChI=1S/C14H18ClN5O4/c1-7(15)2-3-16-12-9-13(18-5-17-12)20(6-19-9)14-11(23)10(22)8(4-21)24-14/h2,5-6,8,10-11,14,21-23H,3-4H2,1H3,(H,16,17,18)/b7-2-/t8-,10+,11+,14-/m0/s1. The minimum absolute atomic E-state index is 0.396. The quantitative estimate of drug-likeness (QED) is 0.590. The fourth-order valence-corrected chi connectivity index (χ4v) is 2.64. The number of allylic oxidation sites excluding steroid dienone is 1. The van der Waals surface area contributed by atoms with E-state index < -0.39 is 31.1 Å². The molecular formula is C14H18ClN5O4. The molecule has 3 rings (SSSR count). The second-order valence-corrected chi connectivity index (χ2v) is 6.04. The second kappa shape index (κ2) is 6.99. The van der Waals surface area contributed by atoms with Crippen LogP contribution in [0.4, 0.5) is 5.82 Å². The van der Waals surface area contributed by atoms with Crippen molar-refractivity contribution >= 4 is 28.6 Å². The fourth-order valence-electron chi connectivity index (χ4n) is 2.57. The van der Waals surface area contributed by atoms with E-state index in [4.69, 9.17) is 16.3 Å². The molecular weight excluding hydrogens is 338 g/mol. The molecule has 2 aromatic heterocycles. The molecule has 0 saturated carbocycles. The van der Waals surface area contributed by atoms with Crippen LogP contribution in [0, 0.1) is 0 Å². The molecule has 0 unspecified atom stereocenters. The maximum absolute atomic E-state index is 10.1. The largest absolute Gasteiger partial charge is 0.394 e. The van der Waals surface area contributed by atoms with Crippen LogP contribution in [0.25, 0.3) is 11.2 Å². The maximum Gasteiger partial charge on any atom is 0.167 e. The summed E-state index contributed by atoms with van der Waals surface area (Å²) < 4.78 is 7.01. The number of fused-ring (bicyclic) bond motifs is 1. The molecule has 0 aromatic carbocycles. The number of hydrogen-bond donors (Lipinski definition) is 4. The third-order valence-electron chi connectivity index (χ3n) is 3.80. The first kappa shape index (κ1) is 17.1. The van der Waals surface area contributed by atoms with E-state index in [1.165, 1.54) is 17.2 Å². The average Bonchev–Trinajstić information content (AvgIpc) is 3.10. The third kappa shape index (κ3) is 3.08. The minimum atomic E-state index is -1.20. The van der Waals surface area contributed by atoms with Crippen molar-refractivity contribution < 1.29 is 20.1 Å². The highest BCUT2D eigenvalue weighted by molar-refractivity contribution is 6.29. The Balaban J connectivity index is 1.90. The summed E-state index contributed by atoms with van der Waals surface area (Å²) >= 11 is 5.79. The number of nitrogens with one attached hydrogen (secondary N) is 1. The van der Waals surface area contributed by atoms with Gasteiger partial charge in [-0.15, -0.1) is 0 Å². The topological polar surface area (TPSA) is 126 Å². The van der Waals surface area contributed by atoms with E-state index in [1.54, 1.807) is 13.0 Å². The van der Waals surface area contributed by atoms with Crippen LogP contribution in [0.5, 0.6) is 0 Å². The van der Waals surface area contributed by atoms with Gasteiger partial charge in [-0.1, -0.05) is 17.7 Å². The van der Waals surface area contributed by atoms with Gasteiger partial charge in [0.15, 0.2) is 23.2 Å². The van der Waals surface area contributed by atoms with Crippen molar-refractivity contribution in [3.8, 4) is 0 Å². The highest BCUT2D eigenvalue weighted by Crippen LogP contribution is 2.31. The van der Waals surface area contributed by atoms with Gasteiger partial charge in [-0.05, 0) is 6.92 Å². The van der Waals surface area contributed by atoms with Gasteiger partial charge in [-0.3, -0.25) is 4.57 Å². The molecule has 0 bridgehead atoms. The van der Waals surface area contributed by atoms with Crippen molar-refractivity contribution in [3.05, 3.63) is 23.8 Å². The highest BCUT2D eigenvalue weighted by Gasteiger charge is 2.43. The van der Waals surface area contributed by atoms with E-state index >= 15 is 0 Å². The summed E-state index contributed by atoms with van der Waals surface area (Å²) in [6, 6.07) is 0. The average molecular weight is 356 g/mol. The summed E-state index contributed by atoms with van der Waals surface area (Å²) in [5, 5.41) is 33.0. The van der Waals surface area contributed by atoms with E-state index in [0.717, 1.165) is 0 Å². The van der Waals surface area contributed by atoms with Crippen LogP contribution in [0.2, 0.25) is 0 Å². The Morgan fingerprint density at radius 2 is 2.17 bits per heavy atom. The first-order valence-electron chi connectivity index (χ1n) is 7.39. The van der Waals surface area contributed by atoms with Gasteiger partial charge in [0, 0.05) is 11.6 Å². The first-order chi connectivity index (χ1) is 11.5. The van der Waals surface area contributed by atoms with Gasteiger partial charge in [0.2, 0.25) is 0 Å². The molecule has 4 atom stereocenters. The zero-order chi connectivity index (χ0) is 17.3. The third-order valence-corrected chi connectivity index (χ3v) is 3.96. The number of anilines is 1. The molecule has 1 aliphatic rings. The van der Waals surface area contributed by atoms with Crippen LogP contribution in [0.1, 0.15) is 13.2 Å². The number of aliphatic hydroxyl groups is 3. The van der Waals surface area contributed by atoms with Crippen LogP contribution in [-0.2, 0) is 4.74 Å². The van der Waals surface area contributed by atoms with E-state index in [9.17, 15) is 15.3 Å². The number of imidazole rings is 1. The van der Waals surface area contributed by atoms with Gasteiger partial charge in [-0.25, -0.2) is 15.0 Å². The Kier molecular flexibility index (Phi) is 4.97. The van der Waals surface area contributed by atoms with Crippen molar-refractivity contribution in [3.63, 3.8) is 0 Å². The van der Waals surface area contributed by atoms with Crippen molar-refractivity contribution in [1.82, 2.24) is 19.5 Å². The smallest absolute Gasteiger partial charge is 0.167 e. The highest BCUT2D eigenvalue weighted by atomic mass is 35.5. The second-order valence-electron chi connectivity index (χ2n) is 5.45. The summed E-state index contributed by atoms with van der Waals surface area (Å²) in [7, 11) is 0. The molecule has 2 aromatic rings. The van der Waals surface area contributed by atoms with Crippen LogP contribution >= 0.6 is 11.6 Å². The predicted molar refractivity (Wildman–Crippen MR) is 86.4 cm³/mol. The minimum Gasteiger partial charge on any atom is -0.394 e. The number of rotatable bonds is 5. The lowest BCUT2D eigenvalue weighted by molar-refractivity contribution is -0.0511. The van der Waals surface area contributed by atoms with E-state index in [0.29, 0.717) is 28.6 Å². The summed E-state index contributed by atoms with van der Waals surface area (Å²) in [5.74, 6) is 0.514. The molecule has 24 heavy (non-hydrogen) atoms. The Bertz CT molecular complexity index is 748. The van der Waals surface area contributed by atoms with Gasteiger partial charge in [0.1, 0.15) is 24.6 Å². The molecule has 4 N–H and O–H groups in total. The molecule has 9 nitrogen and oxygen atoms in total. The first-order valence-corrected chi connectivity index (χ1v) is 7.77. The molecule has 10 heteroatoms. The monoisotopic (exact) mass is 355 g/mol. The van der Waals surface area contributed by atoms with Crippen molar-refractivity contribution in [2.45, 2.75) is 31.5 Å². The molecule has 130 valence electrons. The molecule has 1 fully saturated rings. The Hall–Kier alpha value is -1.78. The lowest BCUT2D eigenvalue weighted by Gasteiger charge is -2.16. The van der Waals surface area contributed by atoms with Gasteiger partial charge in [-0.2, -0.15) is 0 Å². The van der Waals surface area contributed by atoms with Crippen molar-refractivity contribution in [1.29, 1.82) is 0 Å². The number of aliphatic hydroxyl groups excluding tert-OH is 3. The molecule has 1 saturated heterocycles. The molecule has 1 aliphatic heterocycles. The zero-order valence-corrected chi connectivity index (χ0v) is 13.6. The molecule has 0 radical (unpaired) electrons. The number of hydrogen-bond acceptors (Lipinski definition) is 8. The Morgan fingerprint density at radius 3 is 2.83 bits per heavy atom. The molecule has 0 aliphatic carbocycles. The maximum atomic E-state index is 10.1. The molecule has 0 amide bonds. The SMILES string of the molecule is C/C(Cl)=C/CNc1ncnc2c1ncn2[C@H]1O[C@@H](CO)[C@@H](O)[C@H]1O. The number of ether oxygens (including phenoxy) is 1. The predicted octanol–water partition coefficient (Wildman–Crippen LogP) is -0.00770. The fraction of sp³-hybridized carbons (Fsp3) is 0.500. The Labute approximate surface area is 142 Å². The summed E-state index contributed by atoms with van der Waals surface area (Å²) in [4.78, 5) is 12.6. The molecule has 0 spiro atoms. The normalized spacial score (nSPS) is 27.8. The van der Waals surface area contributed by atoms with Crippen molar-refractivity contribution in [2.24, 2.45) is 0 Å². The lowest BCUT2D eigenvalue weighted by Crippen LogP contribution is -2.33. The van der Waals surface area contributed by atoms with E-state index in [2.05, 4.69) is 20.3 Å². The molecule has 3 heterocycles. The van der Waals surface area contributed by atoms with E-state index in [-0.39, 0.29) is 0 Å². The van der Waals surface area contributed by atoms with Crippen LogP contribution in [0.15, 0.2) is 23.8 Å².